The zero-order valence-corrected chi connectivity index (χ0v) is 26.0. The van der Waals surface area contributed by atoms with E-state index in [2.05, 4.69) is 25.6 Å². The molecule has 2 aromatic carbocycles. The van der Waals surface area contributed by atoms with Gasteiger partial charge in [0.25, 0.3) is 5.88 Å². The fraction of sp³-hybridized carbons (Fsp3) is 0.303. The summed E-state index contributed by atoms with van der Waals surface area (Å²) in [6, 6.07) is 13.8. The summed E-state index contributed by atoms with van der Waals surface area (Å²) < 4.78 is 58.2. The van der Waals surface area contributed by atoms with Gasteiger partial charge < -0.3 is 24.8 Å². The topological polar surface area (TPSA) is 131 Å². The van der Waals surface area contributed by atoms with Crippen molar-refractivity contribution in [1.82, 2.24) is 15.0 Å². The number of urea groups is 1. The van der Waals surface area contributed by atoms with Gasteiger partial charge in [0.1, 0.15) is 12.4 Å². The second-order valence-corrected chi connectivity index (χ2v) is 10.9. The Morgan fingerprint density at radius 1 is 1.00 bits per heavy atom. The number of hydrogen-bond acceptors (Lipinski definition) is 8. The molecule has 0 saturated heterocycles. The van der Waals surface area contributed by atoms with Crippen LogP contribution in [0.5, 0.6) is 17.4 Å². The largest absolute Gasteiger partial charge is 0.497 e. The molecule has 240 valence electrons. The number of nitriles is 1. The highest BCUT2D eigenvalue weighted by Gasteiger charge is 2.35. The van der Waals surface area contributed by atoms with Crippen molar-refractivity contribution in [1.29, 1.82) is 5.26 Å². The zero-order chi connectivity index (χ0) is 33.5. The molecule has 2 aromatic heterocycles. The van der Waals surface area contributed by atoms with Crippen molar-refractivity contribution in [3.8, 4) is 34.8 Å². The molecule has 0 spiro atoms. The van der Waals surface area contributed by atoms with Crippen LogP contribution in [0.1, 0.15) is 43.2 Å². The van der Waals surface area contributed by atoms with Crippen LogP contribution in [0.2, 0.25) is 0 Å². The highest BCUT2D eigenvalue weighted by atomic mass is 19.4. The number of benzene rings is 2. The molecule has 0 aliphatic rings. The van der Waals surface area contributed by atoms with Crippen LogP contribution in [-0.2, 0) is 19.2 Å². The number of amides is 2. The van der Waals surface area contributed by atoms with Gasteiger partial charge in [0.05, 0.1) is 48.3 Å². The Kier molecular flexibility index (Phi) is 10.3. The van der Waals surface area contributed by atoms with Gasteiger partial charge in [-0.2, -0.15) is 18.4 Å². The molecule has 0 unspecified atom stereocenters. The Morgan fingerprint density at radius 2 is 1.74 bits per heavy atom. The summed E-state index contributed by atoms with van der Waals surface area (Å²) in [5.41, 5.74) is 0.0896. The molecule has 0 fully saturated rings. The summed E-state index contributed by atoms with van der Waals surface area (Å²) in [6.45, 7) is 7.23. The lowest BCUT2D eigenvalue weighted by atomic mass is 9.85. The minimum atomic E-state index is -4.67. The van der Waals surface area contributed by atoms with Crippen LogP contribution in [0.15, 0.2) is 60.9 Å². The van der Waals surface area contributed by atoms with E-state index in [-0.39, 0.29) is 30.0 Å². The molecule has 4 rings (SSSR count). The molecule has 10 nitrogen and oxygen atoms in total. The third kappa shape index (κ3) is 8.62. The summed E-state index contributed by atoms with van der Waals surface area (Å²) in [4.78, 5) is 25.9. The highest BCUT2D eigenvalue weighted by Crippen LogP contribution is 2.37. The third-order valence-corrected chi connectivity index (χ3v) is 6.75. The molecule has 0 aliphatic carbocycles. The van der Waals surface area contributed by atoms with Crippen molar-refractivity contribution in [2.24, 2.45) is 5.41 Å². The molecule has 13 heteroatoms. The minimum absolute atomic E-state index is 0.0383. The Balaban J connectivity index is 1.46. The van der Waals surface area contributed by atoms with Gasteiger partial charge in [-0.15, -0.1) is 0 Å². The van der Waals surface area contributed by atoms with E-state index >= 15 is 0 Å². The normalized spacial score (nSPS) is 11.4. The Labute approximate surface area is 264 Å². The molecule has 2 heterocycles. The van der Waals surface area contributed by atoms with Crippen LogP contribution in [-0.4, -0.2) is 34.7 Å². The fourth-order valence-corrected chi connectivity index (χ4v) is 4.40. The molecule has 0 atom stereocenters. The van der Waals surface area contributed by atoms with E-state index in [1.165, 1.54) is 18.3 Å². The number of nitrogens with one attached hydrogen (secondary N) is 2. The van der Waals surface area contributed by atoms with E-state index in [1.807, 2.05) is 37.3 Å². The van der Waals surface area contributed by atoms with Crippen molar-refractivity contribution in [2.75, 3.05) is 24.4 Å². The predicted molar refractivity (Wildman–Crippen MR) is 166 cm³/mol. The average molecular weight is 635 g/mol. The first-order valence-electron chi connectivity index (χ1n) is 14.2. The van der Waals surface area contributed by atoms with Crippen LogP contribution in [0.3, 0.4) is 0 Å². The Hall–Kier alpha value is -5.38. The quantitative estimate of drug-likeness (QED) is 0.173. The van der Waals surface area contributed by atoms with E-state index in [0.717, 1.165) is 17.4 Å². The summed E-state index contributed by atoms with van der Waals surface area (Å²) in [6.07, 6.45) is -1.85. The van der Waals surface area contributed by atoms with Crippen LogP contribution in [0, 0.1) is 23.7 Å². The molecule has 0 saturated carbocycles. The monoisotopic (exact) mass is 634 g/mol. The van der Waals surface area contributed by atoms with Gasteiger partial charge in [0.2, 0.25) is 0 Å². The summed E-state index contributed by atoms with van der Waals surface area (Å²) in [5.74, 6) is 1.74. The average Bonchev–Trinajstić information content (AvgIpc) is 3.02. The maximum absolute atomic E-state index is 13.8. The van der Waals surface area contributed by atoms with Crippen LogP contribution in [0.25, 0.3) is 11.4 Å². The SMILES string of the molecule is CCOc1cc(-c2ncc(NC(=O)Nc3ccc(CC(C)(C)C#N)c(C(F)(F)F)c3)c(C)n2)cnc1OCc1ccc(OC)cc1. The third-order valence-electron chi connectivity index (χ3n) is 6.75. The minimum Gasteiger partial charge on any atom is -0.497 e. The van der Waals surface area contributed by atoms with E-state index in [9.17, 15) is 23.2 Å². The van der Waals surface area contributed by atoms with Crippen LogP contribution >= 0.6 is 0 Å². The molecule has 2 N–H and O–H groups in total. The number of anilines is 2. The van der Waals surface area contributed by atoms with Gasteiger partial charge in [0.15, 0.2) is 11.6 Å². The van der Waals surface area contributed by atoms with Gasteiger partial charge in [-0.25, -0.2) is 19.7 Å². The van der Waals surface area contributed by atoms with Crippen molar-refractivity contribution in [3.05, 3.63) is 83.3 Å². The molecular weight excluding hydrogens is 601 g/mol. The number of alkyl halides is 3. The summed E-state index contributed by atoms with van der Waals surface area (Å²) in [5, 5.41) is 14.2. The molecule has 0 aliphatic heterocycles. The van der Waals surface area contributed by atoms with Crippen LogP contribution in [0.4, 0.5) is 29.3 Å². The maximum Gasteiger partial charge on any atom is 0.416 e. The number of carbonyl (C=O) groups excluding carboxylic acids is 1. The van der Waals surface area contributed by atoms with Gasteiger partial charge in [-0.3, -0.25) is 0 Å². The van der Waals surface area contributed by atoms with E-state index < -0.39 is 23.2 Å². The maximum atomic E-state index is 13.8. The number of halogens is 3. The lowest BCUT2D eigenvalue weighted by Crippen LogP contribution is -2.22. The van der Waals surface area contributed by atoms with E-state index in [1.54, 1.807) is 40.1 Å². The Morgan fingerprint density at radius 3 is 2.37 bits per heavy atom. The smallest absolute Gasteiger partial charge is 0.416 e. The molecule has 2 amide bonds. The highest BCUT2D eigenvalue weighted by molar-refractivity contribution is 6.00. The molecule has 4 aromatic rings. The van der Waals surface area contributed by atoms with Crippen molar-refractivity contribution in [2.45, 2.75) is 46.9 Å². The number of aromatic nitrogens is 3. The van der Waals surface area contributed by atoms with Gasteiger partial charge in [-0.1, -0.05) is 18.2 Å². The molecule has 0 bridgehead atoms. The summed E-state index contributed by atoms with van der Waals surface area (Å²) in [7, 11) is 1.60. The second-order valence-electron chi connectivity index (χ2n) is 10.9. The number of nitrogens with zero attached hydrogens (tertiary/aromatic N) is 4. The van der Waals surface area contributed by atoms with Crippen molar-refractivity contribution >= 4 is 17.4 Å². The van der Waals surface area contributed by atoms with Crippen molar-refractivity contribution in [3.63, 3.8) is 0 Å². The summed E-state index contributed by atoms with van der Waals surface area (Å²) >= 11 is 0. The van der Waals surface area contributed by atoms with Gasteiger partial charge in [-0.05, 0) is 75.6 Å². The van der Waals surface area contributed by atoms with Gasteiger partial charge >= 0.3 is 12.2 Å². The number of hydrogen-bond donors (Lipinski definition) is 2. The van der Waals surface area contributed by atoms with Gasteiger partial charge in [0, 0.05) is 17.4 Å². The number of pyridine rings is 1. The molecule has 46 heavy (non-hydrogen) atoms. The second kappa shape index (κ2) is 14.2. The molecule has 0 radical (unpaired) electrons. The van der Waals surface area contributed by atoms with Crippen LogP contribution < -0.4 is 24.8 Å². The number of methoxy groups -OCH3 is 1. The zero-order valence-electron chi connectivity index (χ0n) is 26.0. The number of aryl methyl sites for hydroxylation is 1. The standard InChI is InChI=1S/C33H33F3N6O4/c1-6-45-28-13-23(16-39-30(28)46-18-21-7-11-25(44-5)12-8-21)29-38-17-27(20(2)40-29)42-31(43)41-24-10-9-22(15-32(3,4)19-37)26(14-24)33(34,35)36/h7-14,16-17H,6,15,18H2,1-5H3,(H2,41,42,43). The predicted octanol–water partition coefficient (Wildman–Crippen LogP) is 7.59. The lowest BCUT2D eigenvalue weighted by molar-refractivity contribution is -0.138. The first-order chi connectivity index (χ1) is 21.8. The Bertz CT molecular complexity index is 1740. The molecular formula is C33H33F3N6O4. The number of rotatable bonds is 11. The first kappa shape index (κ1) is 33.5. The first-order valence-corrected chi connectivity index (χ1v) is 14.2. The number of ether oxygens (including phenoxy) is 3. The van der Waals surface area contributed by atoms with Crippen molar-refractivity contribution < 1.29 is 32.2 Å². The lowest BCUT2D eigenvalue weighted by Gasteiger charge is -2.20. The fourth-order valence-electron chi connectivity index (χ4n) is 4.40. The number of carbonyl (C=O) groups is 1. The van der Waals surface area contributed by atoms with E-state index in [0.29, 0.717) is 35.3 Å². The van der Waals surface area contributed by atoms with E-state index in [4.69, 9.17) is 14.2 Å².